The highest BCUT2D eigenvalue weighted by atomic mass is 35.5. The zero-order chi connectivity index (χ0) is 13.8. The topological polar surface area (TPSA) is 20.3 Å². The van der Waals surface area contributed by atoms with E-state index in [0.29, 0.717) is 5.92 Å². The SMILES string of the molecule is Cc1cc(Cl)cc(CC2CCN(C(=O)CCl)CC2)c1. The van der Waals surface area contributed by atoms with Crippen molar-refractivity contribution < 1.29 is 4.79 Å². The normalized spacial score (nSPS) is 16.7. The number of aryl methyl sites for hydroxylation is 1. The minimum atomic E-state index is 0.0544. The molecule has 0 bridgehead atoms. The van der Waals surface area contributed by atoms with Crippen molar-refractivity contribution in [3.63, 3.8) is 0 Å². The van der Waals surface area contributed by atoms with Crippen molar-refractivity contribution in [1.82, 2.24) is 4.90 Å². The molecule has 1 aliphatic rings. The monoisotopic (exact) mass is 299 g/mol. The number of carbonyl (C=O) groups is 1. The zero-order valence-corrected chi connectivity index (χ0v) is 12.7. The van der Waals surface area contributed by atoms with Gasteiger partial charge in [-0.3, -0.25) is 4.79 Å². The van der Waals surface area contributed by atoms with Crippen LogP contribution in [0, 0.1) is 12.8 Å². The maximum absolute atomic E-state index is 11.5. The van der Waals surface area contributed by atoms with Crippen LogP contribution in [0.3, 0.4) is 0 Å². The summed E-state index contributed by atoms with van der Waals surface area (Å²) in [4.78, 5) is 13.4. The first kappa shape index (κ1) is 14.7. The van der Waals surface area contributed by atoms with Crippen LogP contribution in [-0.2, 0) is 11.2 Å². The summed E-state index contributed by atoms with van der Waals surface area (Å²) < 4.78 is 0. The van der Waals surface area contributed by atoms with Gasteiger partial charge in [-0.15, -0.1) is 11.6 Å². The number of benzene rings is 1. The maximum Gasteiger partial charge on any atom is 0.237 e. The molecule has 0 radical (unpaired) electrons. The van der Waals surface area contributed by atoms with E-state index in [9.17, 15) is 4.79 Å². The molecule has 1 aromatic rings. The summed E-state index contributed by atoms with van der Waals surface area (Å²) >= 11 is 11.7. The van der Waals surface area contributed by atoms with Gasteiger partial charge in [-0.1, -0.05) is 17.7 Å². The average molecular weight is 300 g/mol. The van der Waals surface area contributed by atoms with Gasteiger partial charge in [0.2, 0.25) is 5.91 Å². The first-order valence-corrected chi connectivity index (χ1v) is 7.59. The van der Waals surface area contributed by atoms with Gasteiger partial charge in [0.15, 0.2) is 0 Å². The Bertz CT molecular complexity index is 433. The van der Waals surface area contributed by atoms with Crippen LogP contribution in [0.2, 0.25) is 5.02 Å². The third-order valence-corrected chi connectivity index (χ3v) is 4.15. The molecule has 0 spiro atoms. The van der Waals surface area contributed by atoms with Gasteiger partial charge in [0, 0.05) is 18.1 Å². The Balaban J connectivity index is 1.90. The fourth-order valence-electron chi connectivity index (χ4n) is 2.73. The predicted molar refractivity (Wildman–Crippen MR) is 79.9 cm³/mol. The first-order valence-electron chi connectivity index (χ1n) is 6.68. The summed E-state index contributed by atoms with van der Waals surface area (Å²) in [5.74, 6) is 0.786. The van der Waals surface area contributed by atoms with E-state index in [1.54, 1.807) is 0 Å². The van der Waals surface area contributed by atoms with Crippen LogP contribution in [-0.4, -0.2) is 29.8 Å². The summed E-state index contributed by atoms with van der Waals surface area (Å²) in [6, 6.07) is 6.22. The minimum absolute atomic E-state index is 0.0544. The van der Waals surface area contributed by atoms with Crippen molar-refractivity contribution >= 4 is 29.1 Å². The van der Waals surface area contributed by atoms with Crippen LogP contribution in [0.15, 0.2) is 18.2 Å². The minimum Gasteiger partial charge on any atom is -0.342 e. The molecule has 1 fully saturated rings. The van der Waals surface area contributed by atoms with Gasteiger partial charge < -0.3 is 4.90 Å². The molecule has 0 saturated carbocycles. The lowest BCUT2D eigenvalue weighted by molar-refractivity contribution is -0.129. The summed E-state index contributed by atoms with van der Waals surface area (Å²) in [6.07, 6.45) is 3.15. The molecule has 0 N–H and O–H groups in total. The van der Waals surface area contributed by atoms with Crippen molar-refractivity contribution in [1.29, 1.82) is 0 Å². The van der Waals surface area contributed by atoms with Crippen molar-refractivity contribution in [2.24, 2.45) is 5.92 Å². The molecule has 104 valence electrons. The number of amides is 1. The lowest BCUT2D eigenvalue weighted by Gasteiger charge is -2.31. The standard InChI is InChI=1S/C15H19Cl2NO/c1-11-6-13(9-14(17)7-11)8-12-2-4-18(5-3-12)15(19)10-16/h6-7,9,12H,2-5,8,10H2,1H3. The van der Waals surface area contributed by atoms with Crippen LogP contribution in [0.4, 0.5) is 0 Å². The Morgan fingerprint density at radius 1 is 1.32 bits per heavy atom. The maximum atomic E-state index is 11.5. The number of nitrogens with zero attached hydrogens (tertiary/aromatic N) is 1. The van der Waals surface area contributed by atoms with Crippen molar-refractivity contribution in [3.05, 3.63) is 34.3 Å². The second-order valence-electron chi connectivity index (χ2n) is 5.30. The van der Waals surface area contributed by atoms with E-state index in [4.69, 9.17) is 23.2 Å². The number of rotatable bonds is 3. The van der Waals surface area contributed by atoms with E-state index in [-0.39, 0.29) is 11.8 Å². The highest BCUT2D eigenvalue weighted by Crippen LogP contribution is 2.24. The molecule has 4 heteroatoms. The highest BCUT2D eigenvalue weighted by Gasteiger charge is 2.22. The zero-order valence-electron chi connectivity index (χ0n) is 11.2. The van der Waals surface area contributed by atoms with Crippen molar-refractivity contribution in [2.75, 3.05) is 19.0 Å². The van der Waals surface area contributed by atoms with E-state index in [1.807, 2.05) is 17.0 Å². The number of piperidine rings is 1. The molecule has 1 aromatic carbocycles. The second-order valence-corrected chi connectivity index (χ2v) is 6.00. The van der Waals surface area contributed by atoms with Crippen LogP contribution in [0.25, 0.3) is 0 Å². The van der Waals surface area contributed by atoms with Gasteiger partial charge in [0.05, 0.1) is 0 Å². The Hall–Kier alpha value is -0.730. The summed E-state index contributed by atoms with van der Waals surface area (Å²) in [6.45, 7) is 3.72. The van der Waals surface area contributed by atoms with E-state index in [2.05, 4.69) is 13.0 Å². The number of likely N-dealkylation sites (tertiary alicyclic amines) is 1. The second kappa shape index (κ2) is 6.62. The third-order valence-electron chi connectivity index (χ3n) is 3.71. The lowest BCUT2D eigenvalue weighted by atomic mass is 9.90. The van der Waals surface area contributed by atoms with E-state index in [1.165, 1.54) is 11.1 Å². The molecule has 0 aliphatic carbocycles. The molecule has 1 saturated heterocycles. The molecule has 1 heterocycles. The average Bonchev–Trinajstić information content (AvgIpc) is 2.37. The molecule has 2 nitrogen and oxygen atoms in total. The van der Waals surface area contributed by atoms with E-state index < -0.39 is 0 Å². The smallest absolute Gasteiger partial charge is 0.237 e. The van der Waals surface area contributed by atoms with Gasteiger partial charge in [-0.2, -0.15) is 0 Å². The molecule has 2 rings (SSSR count). The Labute approximate surface area is 124 Å². The summed E-state index contributed by atoms with van der Waals surface area (Å²) in [5.41, 5.74) is 2.50. The number of hydrogen-bond acceptors (Lipinski definition) is 1. The van der Waals surface area contributed by atoms with Gasteiger partial charge in [0.25, 0.3) is 0 Å². The van der Waals surface area contributed by atoms with Crippen LogP contribution in [0.5, 0.6) is 0 Å². The summed E-state index contributed by atoms with van der Waals surface area (Å²) in [7, 11) is 0. The number of carbonyl (C=O) groups excluding carboxylic acids is 1. The van der Waals surface area contributed by atoms with Crippen molar-refractivity contribution in [2.45, 2.75) is 26.2 Å². The molecule has 0 aromatic heterocycles. The van der Waals surface area contributed by atoms with Gasteiger partial charge in [-0.05, 0) is 55.4 Å². The van der Waals surface area contributed by atoms with Gasteiger partial charge in [-0.25, -0.2) is 0 Å². The van der Waals surface area contributed by atoms with Crippen molar-refractivity contribution in [3.8, 4) is 0 Å². The molecule has 0 atom stereocenters. The lowest BCUT2D eigenvalue weighted by Crippen LogP contribution is -2.39. The summed E-state index contributed by atoms with van der Waals surface area (Å²) in [5, 5.41) is 0.810. The third kappa shape index (κ3) is 4.12. The molecule has 1 aliphatic heterocycles. The first-order chi connectivity index (χ1) is 9.08. The van der Waals surface area contributed by atoms with Crippen LogP contribution in [0.1, 0.15) is 24.0 Å². The number of alkyl halides is 1. The molecule has 19 heavy (non-hydrogen) atoms. The van der Waals surface area contributed by atoms with E-state index >= 15 is 0 Å². The Morgan fingerprint density at radius 3 is 2.58 bits per heavy atom. The molecular weight excluding hydrogens is 281 g/mol. The Morgan fingerprint density at radius 2 is 2.00 bits per heavy atom. The Kier molecular flexibility index (Phi) is 5.12. The highest BCUT2D eigenvalue weighted by molar-refractivity contribution is 6.30. The largest absolute Gasteiger partial charge is 0.342 e. The fraction of sp³-hybridized carbons (Fsp3) is 0.533. The number of halogens is 2. The molecule has 1 amide bonds. The van der Waals surface area contributed by atoms with Gasteiger partial charge in [0.1, 0.15) is 5.88 Å². The predicted octanol–water partition coefficient (Wildman–Crippen LogP) is 3.67. The quantitative estimate of drug-likeness (QED) is 0.780. The van der Waals surface area contributed by atoms with Crippen LogP contribution >= 0.6 is 23.2 Å². The van der Waals surface area contributed by atoms with Crippen LogP contribution < -0.4 is 0 Å². The van der Waals surface area contributed by atoms with E-state index in [0.717, 1.165) is 37.4 Å². The molecule has 0 unspecified atom stereocenters. The molecular formula is C15H19Cl2NO. The fourth-order valence-corrected chi connectivity index (χ4v) is 3.22. The number of hydrogen-bond donors (Lipinski definition) is 0. The van der Waals surface area contributed by atoms with Gasteiger partial charge >= 0.3 is 0 Å².